The zero-order valence-corrected chi connectivity index (χ0v) is 14.2. The van der Waals surface area contributed by atoms with Crippen molar-refractivity contribution in [2.75, 3.05) is 0 Å². The molecule has 0 spiro atoms. The van der Waals surface area contributed by atoms with Gasteiger partial charge in [-0.3, -0.25) is 0 Å². The first-order chi connectivity index (χ1) is 5.40. The third kappa shape index (κ3) is 3.63. The van der Waals surface area contributed by atoms with Crippen LogP contribution in [0.25, 0.3) is 0 Å². The average molecular weight is 290 g/mol. The van der Waals surface area contributed by atoms with Crippen molar-refractivity contribution >= 4 is 24.8 Å². The van der Waals surface area contributed by atoms with Gasteiger partial charge in [0.25, 0.3) is 0 Å². The molecule has 1 aliphatic rings. The molecule has 0 nitrogen and oxygen atoms in total. The number of halogens is 2. The van der Waals surface area contributed by atoms with Gasteiger partial charge in [0.15, 0.2) is 0 Å². The van der Waals surface area contributed by atoms with Crippen molar-refractivity contribution in [1.29, 1.82) is 0 Å². The molecule has 0 saturated carbocycles. The van der Waals surface area contributed by atoms with Gasteiger partial charge in [-0.25, -0.2) is 0 Å². The molecule has 0 bridgehead atoms. The first-order valence-electron chi connectivity index (χ1n) is 5.53. The van der Waals surface area contributed by atoms with Gasteiger partial charge in [0, 0.05) is 0 Å². The van der Waals surface area contributed by atoms with Crippen LogP contribution in [-0.2, 0) is 12.7 Å². The van der Waals surface area contributed by atoms with Gasteiger partial charge in [0.2, 0.25) is 0 Å². The molecule has 0 unspecified atom stereocenters. The third-order valence-corrected chi connectivity index (χ3v) is 16.9. The fourth-order valence-electron chi connectivity index (χ4n) is 1.73. The van der Waals surface area contributed by atoms with Crippen LogP contribution in [0, 0.1) is 0 Å². The Hall–Kier alpha value is 0.774. The van der Waals surface area contributed by atoms with Crippen LogP contribution in [0.15, 0.2) is 22.1 Å². The Morgan fingerprint density at radius 1 is 1.07 bits per heavy atom. The summed E-state index contributed by atoms with van der Waals surface area (Å²) < 4.78 is 3.02. The molecular weight excluding hydrogens is 263 g/mol. The Morgan fingerprint density at radius 2 is 1.53 bits per heavy atom. The van der Waals surface area contributed by atoms with E-state index in [-0.39, 0.29) is 24.8 Å². The fraction of sp³-hybridized carbons (Fsp3) is 0.667. The normalized spacial score (nSPS) is 22.3. The molecule has 0 atom stereocenters. The molecule has 0 aromatic carbocycles. The number of rotatable bonds is 2. The van der Waals surface area contributed by atoms with Crippen LogP contribution < -0.4 is 0 Å². The summed E-state index contributed by atoms with van der Waals surface area (Å²) in [7, 11) is 0. The predicted octanol–water partition coefficient (Wildman–Crippen LogP) is 6.11. The summed E-state index contributed by atoms with van der Waals surface area (Å²) >= 11 is -3.24. The molecule has 0 saturated heterocycles. The molecule has 1 rings (SSSR count). The topological polar surface area (TPSA) is 0 Å². The zero-order chi connectivity index (χ0) is 10.5. The molecule has 0 aromatic heterocycles. The monoisotopic (exact) mass is 289 g/mol. The summed E-state index contributed by atoms with van der Waals surface area (Å²) in [5.41, 5.74) is 0. The smallest absolute Gasteiger partial charge is 0.147 e. The van der Waals surface area contributed by atoms with Gasteiger partial charge in [0.1, 0.15) is 0 Å². The van der Waals surface area contributed by atoms with Crippen molar-refractivity contribution in [3.05, 3.63) is 22.1 Å². The van der Waals surface area contributed by atoms with Gasteiger partial charge in [-0.2, -0.15) is 0 Å². The molecule has 0 heterocycles. The second-order valence-electron chi connectivity index (χ2n) is 9.87. The van der Waals surface area contributed by atoms with Crippen molar-refractivity contribution in [3.63, 3.8) is 0 Å². The second kappa shape index (κ2) is 3.16. The summed E-state index contributed by atoms with van der Waals surface area (Å²) in [4.78, 5) is 0. The number of hydrogen-bond donors (Lipinski definition) is 0. The Morgan fingerprint density at radius 3 is 1.80 bits per heavy atom. The summed E-state index contributed by atoms with van der Waals surface area (Å²) in [6.45, 7) is 2.36. The third-order valence-electron chi connectivity index (χ3n) is 4.55. The molecule has 0 radical (unpaired) electrons. The molecule has 3 heteroatoms. The minimum absolute atomic E-state index is 0. The summed E-state index contributed by atoms with van der Waals surface area (Å²) in [6, 6.07) is 0. The van der Waals surface area contributed by atoms with Gasteiger partial charge in [-0.05, 0) is 0 Å². The van der Waals surface area contributed by atoms with E-state index in [4.69, 9.17) is 0 Å². The van der Waals surface area contributed by atoms with Crippen molar-refractivity contribution in [1.82, 2.24) is 0 Å². The Kier molecular flexibility index (Phi) is 3.83. The van der Waals surface area contributed by atoms with Gasteiger partial charge >= 0.3 is 79.1 Å². The Balaban J connectivity index is 0. The molecule has 15 heavy (non-hydrogen) atoms. The first kappa shape index (κ1) is 18.1. The van der Waals surface area contributed by atoms with Crippen LogP contribution in [0.2, 0.25) is 30.9 Å². The van der Waals surface area contributed by atoms with Crippen LogP contribution in [0.3, 0.4) is 0 Å². The number of hydrogen-bond acceptors (Lipinski definition) is 0. The zero-order valence-electron chi connectivity index (χ0n) is 11.0. The van der Waals surface area contributed by atoms with Gasteiger partial charge < -0.3 is 0 Å². The van der Waals surface area contributed by atoms with E-state index in [1.165, 1.54) is 11.1 Å². The molecule has 93 valence electrons. The van der Waals surface area contributed by atoms with Gasteiger partial charge in [0.05, 0.1) is 0 Å². The molecule has 0 N–H and O–H groups in total. The van der Waals surface area contributed by atoms with E-state index in [1.807, 2.05) is 0 Å². The van der Waals surface area contributed by atoms with Crippen molar-refractivity contribution < 1.29 is 12.7 Å². The van der Waals surface area contributed by atoms with Crippen LogP contribution in [-0.4, -0.2) is 0 Å². The number of allylic oxidation sites excluding steroid dienone is 4. The minimum atomic E-state index is -3.24. The summed E-state index contributed by atoms with van der Waals surface area (Å²) in [5.74, 6) is 0. The van der Waals surface area contributed by atoms with Crippen LogP contribution in [0.5, 0.6) is 0 Å². The Labute approximate surface area is 103 Å². The quantitative estimate of drug-likeness (QED) is 0.538. The van der Waals surface area contributed by atoms with E-state index in [0.717, 1.165) is 0 Å². The largest absolute Gasteiger partial charge is 0.147 e. The van der Waals surface area contributed by atoms with Gasteiger partial charge in [-0.1, -0.05) is 0 Å². The summed E-state index contributed by atoms with van der Waals surface area (Å²) in [5, 5.41) is 12.8. The minimum Gasteiger partial charge on any atom is -0.147 e. The van der Waals surface area contributed by atoms with E-state index >= 15 is 0 Å². The second-order valence-corrected chi connectivity index (χ2v) is 37.6. The van der Waals surface area contributed by atoms with Crippen LogP contribution >= 0.6 is 24.8 Å². The molecule has 0 aromatic rings. The van der Waals surface area contributed by atoms with Gasteiger partial charge in [-0.15, -0.1) is 24.8 Å². The van der Waals surface area contributed by atoms with Crippen molar-refractivity contribution in [2.24, 2.45) is 0 Å². The molecular formula is C12H27Cl2Ti. The van der Waals surface area contributed by atoms with Crippen molar-refractivity contribution in [3.8, 4) is 0 Å². The maximum absolute atomic E-state index is 3.24. The van der Waals surface area contributed by atoms with E-state index in [2.05, 4.69) is 51.3 Å². The van der Waals surface area contributed by atoms with Crippen molar-refractivity contribution in [2.45, 2.75) is 44.2 Å². The van der Waals surface area contributed by atoms with Crippen LogP contribution in [0.4, 0.5) is 0 Å². The van der Waals surface area contributed by atoms with E-state index in [1.54, 1.807) is 3.88 Å². The van der Waals surface area contributed by atoms with E-state index in [9.17, 15) is 0 Å². The first-order valence-corrected chi connectivity index (χ1v) is 15.2. The molecule has 1 aliphatic carbocycles. The molecule has 0 fully saturated rings. The van der Waals surface area contributed by atoms with E-state index < -0.39 is 12.7 Å². The molecule has 0 aliphatic heterocycles. The molecule has 0 amide bonds. The summed E-state index contributed by atoms with van der Waals surface area (Å²) in [6.07, 6.45) is 8.05. The Bertz CT molecular complexity index is 319. The van der Waals surface area contributed by atoms with E-state index in [0.29, 0.717) is 0 Å². The maximum atomic E-state index is 2.55. The maximum Gasteiger partial charge on any atom is -0.147 e. The predicted molar refractivity (Wildman–Crippen MR) is 76.1 cm³/mol. The SMILES string of the molecule is C[CH2][Ti]([CH3])([CH3])([CH3])([CH3])([CH3])[C]1=CC=CC1.Cl.Cl. The fourth-order valence-corrected chi connectivity index (χ4v) is 6.08. The average Bonchev–Trinajstić information content (AvgIpc) is 2.36. The standard InChI is InChI=1S/C5H5.C2H5.5CH3.2ClH.Ti/c1-2-4-5-3-1;1-2;;;;;;;;/h1-3H,4H2;1H2,2H3;5*1H3;2*1H;. The van der Waals surface area contributed by atoms with Crippen LogP contribution in [0.1, 0.15) is 13.3 Å².